The highest BCUT2D eigenvalue weighted by Crippen LogP contribution is 2.36. The highest BCUT2D eigenvalue weighted by Gasteiger charge is 2.39. The summed E-state index contributed by atoms with van der Waals surface area (Å²) in [5.74, 6) is -0.00911. The van der Waals surface area contributed by atoms with Gasteiger partial charge in [-0.25, -0.2) is 0 Å². The Morgan fingerprint density at radius 1 is 1.24 bits per heavy atom. The van der Waals surface area contributed by atoms with E-state index in [0.717, 1.165) is 0 Å². The van der Waals surface area contributed by atoms with Gasteiger partial charge in [-0.1, -0.05) is 30.4 Å². The van der Waals surface area contributed by atoms with E-state index >= 15 is 0 Å². The minimum Gasteiger partial charge on any atom is -0.491 e. The van der Waals surface area contributed by atoms with E-state index in [-0.39, 0.29) is 24.4 Å². The van der Waals surface area contributed by atoms with E-state index in [2.05, 4.69) is 10.5 Å². The molecule has 0 spiro atoms. The standard InChI is InChI=1S/C23H30O6/c1-28-23(27)12-8-3-2-7-11-19-20(22(26)15-21(19)25)14-13-17(24)16-29-18-9-5-4-6-10-18/h3-7,9-10,13-14,17,19-22,24-26H,8,11-12,15-16H2,1H3. The van der Waals surface area contributed by atoms with E-state index in [1.54, 1.807) is 24.3 Å². The molecule has 5 unspecified atom stereocenters. The Bertz CT molecular complexity index is 707. The molecule has 0 aromatic heterocycles. The molecule has 1 aromatic rings. The third-order valence-corrected chi connectivity index (χ3v) is 4.98. The second-order valence-corrected chi connectivity index (χ2v) is 7.11. The zero-order chi connectivity index (χ0) is 21.1. The first-order valence-electron chi connectivity index (χ1n) is 9.87. The summed E-state index contributed by atoms with van der Waals surface area (Å²) in [6.07, 6.45) is 6.52. The number of methoxy groups -OCH3 is 1. The van der Waals surface area contributed by atoms with E-state index in [4.69, 9.17) is 4.74 Å². The summed E-state index contributed by atoms with van der Waals surface area (Å²) in [5, 5.41) is 30.6. The van der Waals surface area contributed by atoms with Crippen molar-refractivity contribution in [1.29, 1.82) is 0 Å². The van der Waals surface area contributed by atoms with Crippen molar-refractivity contribution in [1.82, 2.24) is 0 Å². The van der Waals surface area contributed by atoms with Gasteiger partial charge in [0.15, 0.2) is 0 Å². The molecular formula is C23H30O6. The maximum Gasteiger partial charge on any atom is 0.305 e. The van der Waals surface area contributed by atoms with Gasteiger partial charge in [0.05, 0.1) is 19.3 Å². The van der Waals surface area contributed by atoms with Gasteiger partial charge in [0.2, 0.25) is 0 Å². The Kier molecular flexibility index (Phi) is 9.68. The van der Waals surface area contributed by atoms with Crippen LogP contribution in [-0.4, -0.2) is 53.3 Å². The predicted octanol–water partition coefficient (Wildman–Crippen LogP) is 2.40. The highest BCUT2D eigenvalue weighted by molar-refractivity contribution is 5.69. The van der Waals surface area contributed by atoms with Gasteiger partial charge >= 0.3 is 5.97 Å². The molecule has 158 valence electrons. The number of aliphatic hydroxyl groups excluding tert-OH is 3. The summed E-state index contributed by atoms with van der Waals surface area (Å²) in [4.78, 5) is 11.1. The maximum atomic E-state index is 11.1. The van der Waals surface area contributed by atoms with Crippen LogP contribution < -0.4 is 4.74 Å². The van der Waals surface area contributed by atoms with Crippen LogP contribution in [0.1, 0.15) is 25.7 Å². The lowest BCUT2D eigenvalue weighted by Gasteiger charge is -2.19. The summed E-state index contributed by atoms with van der Waals surface area (Å²) in [6, 6.07) is 9.23. The van der Waals surface area contributed by atoms with Gasteiger partial charge in [-0.15, -0.1) is 5.73 Å². The number of hydrogen-bond donors (Lipinski definition) is 3. The Labute approximate surface area is 171 Å². The molecule has 5 atom stereocenters. The number of para-hydroxylation sites is 1. The third-order valence-electron chi connectivity index (χ3n) is 4.98. The predicted molar refractivity (Wildman–Crippen MR) is 109 cm³/mol. The molecule has 29 heavy (non-hydrogen) atoms. The molecule has 0 saturated heterocycles. The van der Waals surface area contributed by atoms with Gasteiger partial charge in [-0.3, -0.25) is 4.79 Å². The molecule has 1 aliphatic carbocycles. The summed E-state index contributed by atoms with van der Waals surface area (Å²) >= 11 is 0. The maximum absolute atomic E-state index is 11.1. The molecule has 1 aromatic carbocycles. The second kappa shape index (κ2) is 12.2. The molecule has 6 nitrogen and oxygen atoms in total. The van der Waals surface area contributed by atoms with Crippen molar-refractivity contribution >= 4 is 5.97 Å². The zero-order valence-corrected chi connectivity index (χ0v) is 16.7. The van der Waals surface area contributed by atoms with Crippen molar-refractivity contribution in [2.24, 2.45) is 11.8 Å². The smallest absolute Gasteiger partial charge is 0.305 e. The second-order valence-electron chi connectivity index (χ2n) is 7.11. The first-order valence-corrected chi connectivity index (χ1v) is 9.87. The Balaban J connectivity index is 1.85. The summed E-state index contributed by atoms with van der Waals surface area (Å²) in [7, 11) is 1.35. The van der Waals surface area contributed by atoms with Crippen molar-refractivity contribution in [2.75, 3.05) is 13.7 Å². The van der Waals surface area contributed by atoms with Crippen molar-refractivity contribution in [3.05, 3.63) is 60.4 Å². The SMILES string of the molecule is COC(=O)CCC=C=CCC1C(O)CC(O)C1C=CC(O)COc1ccccc1. The van der Waals surface area contributed by atoms with Gasteiger partial charge in [0.25, 0.3) is 0 Å². The number of carbonyl (C=O) groups is 1. The van der Waals surface area contributed by atoms with Crippen molar-refractivity contribution in [2.45, 2.75) is 44.0 Å². The molecule has 1 saturated carbocycles. The summed E-state index contributed by atoms with van der Waals surface area (Å²) in [6.45, 7) is 0.110. The first kappa shape index (κ1) is 22.9. The average molecular weight is 402 g/mol. The van der Waals surface area contributed by atoms with Crippen LogP contribution in [-0.2, 0) is 9.53 Å². The first-order chi connectivity index (χ1) is 14.0. The fraction of sp³-hybridized carbons (Fsp3) is 0.478. The molecule has 0 amide bonds. The molecule has 0 heterocycles. The number of ether oxygens (including phenoxy) is 2. The van der Waals surface area contributed by atoms with Crippen LogP contribution >= 0.6 is 0 Å². The Morgan fingerprint density at radius 2 is 2.00 bits per heavy atom. The number of benzene rings is 1. The van der Waals surface area contributed by atoms with Crippen LogP contribution in [0.5, 0.6) is 5.75 Å². The molecule has 3 N–H and O–H groups in total. The molecule has 2 rings (SSSR count). The van der Waals surface area contributed by atoms with Gasteiger partial charge < -0.3 is 24.8 Å². The van der Waals surface area contributed by atoms with Gasteiger partial charge in [0.1, 0.15) is 18.5 Å². The molecule has 1 fully saturated rings. The number of allylic oxidation sites excluding steroid dienone is 1. The lowest BCUT2D eigenvalue weighted by molar-refractivity contribution is -0.140. The lowest BCUT2D eigenvalue weighted by atomic mass is 9.90. The van der Waals surface area contributed by atoms with E-state index in [9.17, 15) is 20.1 Å². The molecule has 0 aliphatic heterocycles. The monoisotopic (exact) mass is 402 g/mol. The molecule has 0 bridgehead atoms. The van der Waals surface area contributed by atoms with Gasteiger partial charge in [-0.05, 0) is 43.0 Å². The number of hydrogen-bond acceptors (Lipinski definition) is 6. The van der Waals surface area contributed by atoms with Crippen LogP contribution in [0.3, 0.4) is 0 Å². The average Bonchev–Trinajstić information content (AvgIpc) is 3.00. The zero-order valence-electron chi connectivity index (χ0n) is 16.7. The minimum absolute atomic E-state index is 0.110. The van der Waals surface area contributed by atoms with Gasteiger partial charge in [0, 0.05) is 18.8 Å². The Morgan fingerprint density at radius 3 is 2.72 bits per heavy atom. The fourth-order valence-electron chi connectivity index (χ4n) is 3.38. The summed E-state index contributed by atoms with van der Waals surface area (Å²) < 4.78 is 10.1. The normalized spacial score (nSPS) is 24.7. The highest BCUT2D eigenvalue weighted by atomic mass is 16.5. The van der Waals surface area contributed by atoms with Crippen LogP contribution in [0.2, 0.25) is 0 Å². The topological polar surface area (TPSA) is 96.2 Å². The Hall–Kier alpha value is -2.37. The molecule has 0 radical (unpaired) electrons. The van der Waals surface area contributed by atoms with Crippen LogP contribution in [0.15, 0.2) is 60.4 Å². The van der Waals surface area contributed by atoms with Crippen molar-refractivity contribution in [3.63, 3.8) is 0 Å². The van der Waals surface area contributed by atoms with Crippen LogP contribution in [0.4, 0.5) is 0 Å². The largest absolute Gasteiger partial charge is 0.491 e. The van der Waals surface area contributed by atoms with E-state index in [1.165, 1.54) is 7.11 Å². The summed E-state index contributed by atoms with van der Waals surface area (Å²) in [5.41, 5.74) is 3.01. The van der Waals surface area contributed by atoms with Crippen molar-refractivity contribution in [3.8, 4) is 5.75 Å². The van der Waals surface area contributed by atoms with Crippen molar-refractivity contribution < 1.29 is 29.6 Å². The van der Waals surface area contributed by atoms with Gasteiger partial charge in [-0.2, -0.15) is 0 Å². The third kappa shape index (κ3) is 7.87. The van der Waals surface area contributed by atoms with Crippen LogP contribution in [0, 0.1) is 11.8 Å². The number of carbonyl (C=O) groups excluding carboxylic acids is 1. The number of aliphatic hydroxyl groups is 3. The van der Waals surface area contributed by atoms with Crippen LogP contribution in [0.25, 0.3) is 0 Å². The molecule has 6 heteroatoms. The minimum atomic E-state index is -0.811. The quantitative estimate of drug-likeness (QED) is 0.316. The lowest BCUT2D eigenvalue weighted by Crippen LogP contribution is -2.21. The van der Waals surface area contributed by atoms with E-state index in [1.807, 2.05) is 30.3 Å². The fourth-order valence-corrected chi connectivity index (χ4v) is 3.38. The molecular weight excluding hydrogens is 372 g/mol. The molecule has 1 aliphatic rings. The van der Waals surface area contributed by atoms with E-state index in [0.29, 0.717) is 31.4 Å². The number of esters is 1. The van der Waals surface area contributed by atoms with E-state index < -0.39 is 18.3 Å². The number of rotatable bonds is 10.